The second-order valence-corrected chi connectivity index (χ2v) is 6.47. The number of hydrogen-bond acceptors (Lipinski definition) is 2. The van der Waals surface area contributed by atoms with Crippen LogP contribution in [0.3, 0.4) is 0 Å². The number of rotatable bonds is 5. The number of carbonyl (C=O) groups excluding carboxylic acids is 2. The van der Waals surface area contributed by atoms with Crippen molar-refractivity contribution >= 4 is 39.3 Å². The van der Waals surface area contributed by atoms with E-state index in [1.807, 2.05) is 0 Å². The summed E-state index contributed by atoms with van der Waals surface area (Å²) in [4.78, 5) is 25.4. The highest BCUT2D eigenvalue weighted by molar-refractivity contribution is 9.10. The van der Waals surface area contributed by atoms with Gasteiger partial charge < -0.3 is 10.2 Å². The van der Waals surface area contributed by atoms with Crippen molar-refractivity contribution in [3.05, 3.63) is 68.9 Å². The maximum atomic E-state index is 13.8. The van der Waals surface area contributed by atoms with Gasteiger partial charge >= 0.3 is 0 Å². The normalized spacial score (nSPS) is 10.3. The van der Waals surface area contributed by atoms with Gasteiger partial charge in [0.2, 0.25) is 5.91 Å². The third kappa shape index (κ3) is 4.79. The van der Waals surface area contributed by atoms with Crippen LogP contribution in [0.5, 0.6) is 0 Å². The van der Waals surface area contributed by atoms with E-state index in [9.17, 15) is 14.0 Å². The fraction of sp³-hybridized carbons (Fsp3) is 0.176. The fourth-order valence-electron chi connectivity index (χ4n) is 2.03. The van der Waals surface area contributed by atoms with Crippen molar-refractivity contribution in [2.45, 2.75) is 6.54 Å². The molecule has 1 N–H and O–H groups in total. The molecule has 0 aromatic heterocycles. The molecule has 0 aliphatic carbocycles. The smallest absolute Gasteiger partial charge is 0.251 e. The minimum absolute atomic E-state index is 0.0249. The van der Waals surface area contributed by atoms with E-state index in [2.05, 4.69) is 21.2 Å². The Kier molecular flexibility index (Phi) is 6.34. The van der Waals surface area contributed by atoms with Crippen molar-refractivity contribution in [1.82, 2.24) is 10.2 Å². The van der Waals surface area contributed by atoms with Gasteiger partial charge in [0, 0.05) is 34.2 Å². The Morgan fingerprint density at radius 1 is 1.25 bits per heavy atom. The van der Waals surface area contributed by atoms with Crippen LogP contribution in [0, 0.1) is 5.82 Å². The summed E-state index contributed by atoms with van der Waals surface area (Å²) in [5.41, 5.74) is 0.685. The number of likely N-dealkylation sites (N-methyl/N-ethyl adjacent to an activating group) is 1. The average Bonchev–Trinajstić information content (AvgIpc) is 2.55. The lowest BCUT2D eigenvalue weighted by molar-refractivity contribution is -0.129. The second kappa shape index (κ2) is 8.26. The molecule has 2 aromatic carbocycles. The molecule has 0 spiro atoms. The maximum absolute atomic E-state index is 13.8. The zero-order valence-electron chi connectivity index (χ0n) is 12.9. The number of nitrogens with one attached hydrogen (secondary N) is 1. The Bertz CT molecular complexity index is 750. The topological polar surface area (TPSA) is 49.4 Å². The van der Waals surface area contributed by atoms with Crippen molar-refractivity contribution < 1.29 is 14.0 Å². The maximum Gasteiger partial charge on any atom is 0.251 e. The van der Waals surface area contributed by atoms with E-state index in [0.717, 1.165) is 4.47 Å². The van der Waals surface area contributed by atoms with Crippen molar-refractivity contribution in [3.63, 3.8) is 0 Å². The molecule has 7 heteroatoms. The molecule has 0 fully saturated rings. The van der Waals surface area contributed by atoms with Gasteiger partial charge in [-0.3, -0.25) is 9.59 Å². The van der Waals surface area contributed by atoms with Gasteiger partial charge in [-0.25, -0.2) is 4.39 Å². The number of hydrogen-bond donors (Lipinski definition) is 1. The van der Waals surface area contributed by atoms with Crippen molar-refractivity contribution in [3.8, 4) is 0 Å². The lowest BCUT2D eigenvalue weighted by atomic mass is 10.2. The monoisotopic (exact) mass is 412 g/mol. The van der Waals surface area contributed by atoms with E-state index in [-0.39, 0.29) is 35.5 Å². The Hall–Kier alpha value is -1.92. The molecule has 126 valence electrons. The molecule has 0 saturated carbocycles. The van der Waals surface area contributed by atoms with Crippen LogP contribution in [0.15, 0.2) is 46.9 Å². The first-order valence-electron chi connectivity index (χ1n) is 7.09. The molecule has 2 aromatic rings. The van der Waals surface area contributed by atoms with Crippen LogP contribution >= 0.6 is 27.5 Å². The minimum Gasteiger partial charge on any atom is -0.343 e. The lowest BCUT2D eigenvalue weighted by Gasteiger charge is -2.18. The first-order chi connectivity index (χ1) is 11.4. The molecule has 4 nitrogen and oxygen atoms in total. The van der Waals surface area contributed by atoms with Crippen LogP contribution in [-0.4, -0.2) is 30.3 Å². The SMILES string of the molecule is CN(Cc1c(F)cccc1Cl)C(=O)CNC(=O)c1cccc(Br)c1. The molecular formula is C17H15BrClFN2O2. The summed E-state index contributed by atoms with van der Waals surface area (Å²) in [5, 5.41) is 2.80. The Labute approximate surface area is 152 Å². The molecule has 0 aliphatic heterocycles. The zero-order valence-corrected chi connectivity index (χ0v) is 15.2. The largest absolute Gasteiger partial charge is 0.343 e. The number of nitrogens with zero attached hydrogens (tertiary/aromatic N) is 1. The number of halogens is 3. The number of benzene rings is 2. The van der Waals surface area contributed by atoms with E-state index in [1.165, 1.54) is 24.1 Å². The van der Waals surface area contributed by atoms with Gasteiger partial charge in [-0.2, -0.15) is 0 Å². The third-order valence-electron chi connectivity index (χ3n) is 3.37. The van der Waals surface area contributed by atoms with Crippen LogP contribution in [-0.2, 0) is 11.3 Å². The Balaban J connectivity index is 1.93. The van der Waals surface area contributed by atoms with Gasteiger partial charge in [0.1, 0.15) is 5.82 Å². The van der Waals surface area contributed by atoms with Crippen molar-refractivity contribution in [1.29, 1.82) is 0 Å². The van der Waals surface area contributed by atoms with E-state index in [1.54, 1.807) is 30.3 Å². The Morgan fingerprint density at radius 3 is 2.62 bits per heavy atom. The molecule has 0 heterocycles. The van der Waals surface area contributed by atoms with Crippen LogP contribution in [0.4, 0.5) is 4.39 Å². The molecule has 2 amide bonds. The van der Waals surface area contributed by atoms with E-state index >= 15 is 0 Å². The predicted molar refractivity (Wildman–Crippen MR) is 94.4 cm³/mol. The molecule has 0 saturated heterocycles. The van der Waals surface area contributed by atoms with Gasteiger partial charge in [-0.05, 0) is 30.3 Å². The average molecular weight is 414 g/mol. The highest BCUT2D eigenvalue weighted by Crippen LogP contribution is 2.20. The fourth-order valence-corrected chi connectivity index (χ4v) is 2.65. The van der Waals surface area contributed by atoms with Crippen LogP contribution in [0.1, 0.15) is 15.9 Å². The standard InChI is InChI=1S/C17H15BrClFN2O2/c1-22(10-13-14(19)6-3-7-15(13)20)16(23)9-21-17(24)11-4-2-5-12(18)8-11/h2-8H,9-10H2,1H3,(H,21,24). The van der Waals surface area contributed by atoms with Crippen LogP contribution < -0.4 is 5.32 Å². The summed E-state index contributed by atoms with van der Waals surface area (Å²) in [6, 6.07) is 11.2. The van der Waals surface area contributed by atoms with Crippen molar-refractivity contribution in [2.75, 3.05) is 13.6 Å². The summed E-state index contributed by atoms with van der Waals surface area (Å²) in [6.45, 7) is -0.162. The highest BCUT2D eigenvalue weighted by atomic mass is 79.9. The summed E-state index contributed by atoms with van der Waals surface area (Å²) in [7, 11) is 1.52. The summed E-state index contributed by atoms with van der Waals surface area (Å²) in [6.07, 6.45) is 0. The van der Waals surface area contributed by atoms with Gasteiger partial charge in [0.15, 0.2) is 0 Å². The molecule has 0 bridgehead atoms. The van der Waals surface area contributed by atoms with Crippen LogP contribution in [0.25, 0.3) is 0 Å². The highest BCUT2D eigenvalue weighted by Gasteiger charge is 2.15. The quantitative estimate of drug-likeness (QED) is 0.814. The van der Waals surface area contributed by atoms with Gasteiger partial charge in [0.05, 0.1) is 6.54 Å². The molecular weight excluding hydrogens is 399 g/mol. The minimum atomic E-state index is -0.472. The first-order valence-corrected chi connectivity index (χ1v) is 8.26. The van der Waals surface area contributed by atoms with Crippen LogP contribution in [0.2, 0.25) is 5.02 Å². The van der Waals surface area contributed by atoms with Gasteiger partial charge in [0.25, 0.3) is 5.91 Å². The summed E-state index contributed by atoms with van der Waals surface area (Å²) in [5.74, 6) is -1.18. The predicted octanol–water partition coefficient (Wildman–Crippen LogP) is 3.63. The summed E-state index contributed by atoms with van der Waals surface area (Å²) < 4.78 is 14.5. The molecule has 2 rings (SSSR count). The second-order valence-electron chi connectivity index (χ2n) is 5.14. The van der Waals surface area contributed by atoms with Crippen molar-refractivity contribution in [2.24, 2.45) is 0 Å². The first kappa shape index (κ1) is 18.4. The summed E-state index contributed by atoms with van der Waals surface area (Å²) >= 11 is 9.23. The molecule has 0 atom stereocenters. The van der Waals surface area contributed by atoms with E-state index in [0.29, 0.717) is 5.56 Å². The number of carbonyl (C=O) groups is 2. The molecule has 0 radical (unpaired) electrons. The van der Waals surface area contributed by atoms with E-state index in [4.69, 9.17) is 11.6 Å². The molecule has 0 aliphatic rings. The number of amides is 2. The zero-order chi connectivity index (χ0) is 17.7. The lowest BCUT2D eigenvalue weighted by Crippen LogP contribution is -2.38. The molecule has 24 heavy (non-hydrogen) atoms. The Morgan fingerprint density at radius 2 is 1.96 bits per heavy atom. The third-order valence-corrected chi connectivity index (χ3v) is 4.22. The van der Waals surface area contributed by atoms with Gasteiger partial charge in [-0.1, -0.05) is 39.7 Å². The van der Waals surface area contributed by atoms with Gasteiger partial charge in [-0.15, -0.1) is 0 Å². The molecule has 0 unspecified atom stereocenters. The van der Waals surface area contributed by atoms with E-state index < -0.39 is 5.82 Å².